The first kappa shape index (κ1) is 12.5. The molecule has 1 rings (SSSR count). The highest BCUT2D eigenvalue weighted by atomic mass is 79.9. The lowest BCUT2D eigenvalue weighted by Crippen LogP contribution is -2.26. The molecule has 0 fully saturated rings. The Hall–Kier alpha value is -0.550. The van der Waals surface area contributed by atoms with Gasteiger partial charge in [0.05, 0.1) is 14.2 Å². The molecule has 5 heteroatoms. The molecule has 1 aromatic heterocycles. The molecule has 0 radical (unpaired) electrons. The lowest BCUT2D eigenvalue weighted by Gasteiger charge is -2.18. The highest BCUT2D eigenvalue weighted by Crippen LogP contribution is 2.27. The maximum atomic E-state index is 10.8. The van der Waals surface area contributed by atoms with Crippen LogP contribution in [-0.2, 0) is 4.79 Å². The lowest BCUT2D eigenvalue weighted by atomic mass is 9.90. The molecule has 0 atom stereocenters. The number of aliphatic carboxylic acids is 1. The summed E-state index contributed by atoms with van der Waals surface area (Å²) in [6.07, 6.45) is 0.609. The third kappa shape index (κ3) is 3.83. The largest absolute Gasteiger partial charge is 0.481 e. The third-order valence-corrected chi connectivity index (χ3v) is 3.78. The Morgan fingerprint density at radius 1 is 1.60 bits per heavy atom. The van der Waals surface area contributed by atoms with Gasteiger partial charge in [-0.15, -0.1) is 11.3 Å². The molecule has 0 amide bonds. The van der Waals surface area contributed by atoms with E-state index in [0.29, 0.717) is 13.0 Å². The van der Waals surface area contributed by atoms with Crippen molar-refractivity contribution in [3.05, 3.63) is 15.9 Å². The van der Waals surface area contributed by atoms with Crippen molar-refractivity contribution >= 4 is 38.2 Å². The molecule has 2 N–H and O–H groups in total. The predicted molar refractivity (Wildman–Crippen MR) is 66.5 cm³/mol. The van der Waals surface area contributed by atoms with E-state index in [1.807, 2.05) is 12.1 Å². The van der Waals surface area contributed by atoms with Crippen molar-refractivity contribution in [1.29, 1.82) is 0 Å². The van der Waals surface area contributed by atoms with Gasteiger partial charge in [0.25, 0.3) is 0 Å². The van der Waals surface area contributed by atoms with Crippen molar-refractivity contribution in [3.63, 3.8) is 0 Å². The molecule has 0 bridgehead atoms. The summed E-state index contributed by atoms with van der Waals surface area (Å²) in [6.45, 7) is 4.15. The minimum atomic E-state index is -0.753. The fraction of sp³-hybridized carbons (Fsp3) is 0.500. The zero-order valence-corrected chi connectivity index (χ0v) is 11.1. The molecule has 84 valence electrons. The van der Waals surface area contributed by atoms with Crippen molar-refractivity contribution in [2.75, 3.05) is 11.9 Å². The molecule has 3 nitrogen and oxygen atoms in total. The molecular formula is C10H14BrNO2S. The van der Waals surface area contributed by atoms with Crippen molar-refractivity contribution in [3.8, 4) is 0 Å². The van der Waals surface area contributed by atoms with Crippen molar-refractivity contribution in [2.24, 2.45) is 5.41 Å². The minimum absolute atomic E-state index is 0.609. The second-order valence-corrected chi connectivity index (χ2v) is 6.43. The van der Waals surface area contributed by atoms with Crippen LogP contribution in [0.5, 0.6) is 0 Å². The highest BCUT2D eigenvalue weighted by molar-refractivity contribution is 9.11. The number of hydrogen-bond donors (Lipinski definition) is 2. The Morgan fingerprint density at radius 3 is 2.73 bits per heavy atom. The molecule has 0 saturated carbocycles. The second-order valence-electron chi connectivity index (χ2n) is 3.97. The number of thiophene rings is 1. The maximum Gasteiger partial charge on any atom is 0.309 e. The fourth-order valence-electron chi connectivity index (χ4n) is 1.01. The van der Waals surface area contributed by atoms with Crippen LogP contribution in [0.15, 0.2) is 15.9 Å². The summed E-state index contributed by atoms with van der Waals surface area (Å²) >= 11 is 4.98. The van der Waals surface area contributed by atoms with Gasteiger partial charge in [-0.05, 0) is 48.3 Å². The van der Waals surface area contributed by atoms with Crippen molar-refractivity contribution in [1.82, 2.24) is 0 Å². The first-order valence-electron chi connectivity index (χ1n) is 4.64. The van der Waals surface area contributed by atoms with Crippen LogP contribution in [0.4, 0.5) is 5.00 Å². The van der Waals surface area contributed by atoms with Gasteiger partial charge in [0.2, 0.25) is 0 Å². The number of carboxylic acid groups (broad SMARTS) is 1. The van der Waals surface area contributed by atoms with Gasteiger partial charge in [-0.3, -0.25) is 4.79 Å². The van der Waals surface area contributed by atoms with Crippen LogP contribution < -0.4 is 5.32 Å². The van der Waals surface area contributed by atoms with Gasteiger partial charge >= 0.3 is 5.97 Å². The minimum Gasteiger partial charge on any atom is -0.481 e. The Bertz CT molecular complexity index is 349. The van der Waals surface area contributed by atoms with Gasteiger partial charge in [0, 0.05) is 6.54 Å². The zero-order chi connectivity index (χ0) is 11.5. The van der Waals surface area contributed by atoms with E-state index in [2.05, 4.69) is 21.2 Å². The number of hydrogen-bond acceptors (Lipinski definition) is 3. The SMILES string of the molecule is CC(C)(CCNc1ccc(Br)s1)C(=O)O. The molecule has 0 spiro atoms. The van der Waals surface area contributed by atoms with Gasteiger partial charge < -0.3 is 10.4 Å². The average Bonchev–Trinajstić information content (AvgIpc) is 2.51. The van der Waals surface area contributed by atoms with Gasteiger partial charge in [-0.2, -0.15) is 0 Å². The molecule has 0 saturated heterocycles. The highest BCUT2D eigenvalue weighted by Gasteiger charge is 2.26. The summed E-state index contributed by atoms with van der Waals surface area (Å²) in [7, 11) is 0. The van der Waals surface area contributed by atoms with Crippen LogP contribution in [0.2, 0.25) is 0 Å². The van der Waals surface area contributed by atoms with E-state index in [0.717, 1.165) is 8.79 Å². The number of halogens is 1. The van der Waals surface area contributed by atoms with Crippen LogP contribution in [0.25, 0.3) is 0 Å². The van der Waals surface area contributed by atoms with E-state index in [9.17, 15) is 4.79 Å². The number of anilines is 1. The van der Waals surface area contributed by atoms with E-state index < -0.39 is 11.4 Å². The molecule has 0 unspecified atom stereocenters. The van der Waals surface area contributed by atoms with Gasteiger partial charge in [-0.25, -0.2) is 0 Å². The van der Waals surface area contributed by atoms with Crippen molar-refractivity contribution in [2.45, 2.75) is 20.3 Å². The van der Waals surface area contributed by atoms with Gasteiger partial charge in [0.15, 0.2) is 0 Å². The number of rotatable bonds is 5. The first-order chi connectivity index (χ1) is 6.92. The van der Waals surface area contributed by atoms with Crippen LogP contribution in [0.1, 0.15) is 20.3 Å². The number of carboxylic acids is 1. The molecule has 0 aromatic carbocycles. The van der Waals surface area contributed by atoms with E-state index in [-0.39, 0.29) is 0 Å². The monoisotopic (exact) mass is 291 g/mol. The standard InChI is InChI=1S/C10H14BrNO2S/c1-10(2,9(13)14)5-6-12-8-4-3-7(11)15-8/h3-4,12H,5-6H2,1-2H3,(H,13,14). The third-order valence-electron chi connectivity index (χ3n) is 2.20. The molecule has 1 aromatic rings. The molecule has 0 aliphatic rings. The number of nitrogens with one attached hydrogen (secondary N) is 1. The Morgan fingerprint density at radius 2 is 2.27 bits per heavy atom. The molecule has 0 aliphatic heterocycles. The topological polar surface area (TPSA) is 49.3 Å². The maximum absolute atomic E-state index is 10.8. The summed E-state index contributed by atoms with van der Waals surface area (Å²) in [5.41, 5.74) is -0.665. The zero-order valence-electron chi connectivity index (χ0n) is 8.71. The Labute approximate surface area is 102 Å². The second kappa shape index (κ2) is 4.99. The number of carbonyl (C=O) groups is 1. The molecule has 0 aliphatic carbocycles. The summed E-state index contributed by atoms with van der Waals surface area (Å²) in [5.74, 6) is -0.753. The van der Waals surface area contributed by atoms with E-state index >= 15 is 0 Å². The van der Waals surface area contributed by atoms with Gasteiger partial charge in [-0.1, -0.05) is 0 Å². The normalized spacial score (nSPS) is 11.4. The summed E-state index contributed by atoms with van der Waals surface area (Å²) < 4.78 is 1.07. The molecule has 1 heterocycles. The molecule has 15 heavy (non-hydrogen) atoms. The van der Waals surface area contributed by atoms with Crippen LogP contribution in [-0.4, -0.2) is 17.6 Å². The van der Waals surface area contributed by atoms with Crippen LogP contribution in [0.3, 0.4) is 0 Å². The predicted octanol–water partition coefficient (Wildman–Crippen LogP) is 3.42. The van der Waals surface area contributed by atoms with Crippen LogP contribution >= 0.6 is 27.3 Å². The quantitative estimate of drug-likeness (QED) is 0.874. The van der Waals surface area contributed by atoms with E-state index in [4.69, 9.17) is 5.11 Å². The summed E-state index contributed by atoms with van der Waals surface area (Å²) in [5, 5.41) is 13.2. The summed E-state index contributed by atoms with van der Waals surface area (Å²) in [4.78, 5) is 10.8. The Balaban J connectivity index is 2.36. The van der Waals surface area contributed by atoms with Crippen LogP contribution in [0, 0.1) is 5.41 Å². The van der Waals surface area contributed by atoms with E-state index in [1.165, 1.54) is 0 Å². The lowest BCUT2D eigenvalue weighted by molar-refractivity contribution is -0.147. The molecular weight excluding hydrogens is 278 g/mol. The summed E-state index contributed by atoms with van der Waals surface area (Å²) in [6, 6.07) is 3.94. The average molecular weight is 292 g/mol. The van der Waals surface area contributed by atoms with Gasteiger partial charge in [0.1, 0.15) is 0 Å². The van der Waals surface area contributed by atoms with E-state index in [1.54, 1.807) is 25.2 Å². The fourth-order valence-corrected chi connectivity index (χ4v) is 2.33. The van der Waals surface area contributed by atoms with Crippen molar-refractivity contribution < 1.29 is 9.90 Å². The first-order valence-corrected chi connectivity index (χ1v) is 6.25. The Kier molecular flexibility index (Phi) is 4.16. The smallest absolute Gasteiger partial charge is 0.309 e.